The predicted molar refractivity (Wildman–Crippen MR) is 87.7 cm³/mol. The highest BCUT2D eigenvalue weighted by Gasteiger charge is 2.32. The zero-order valence-electron chi connectivity index (χ0n) is 13.6. The number of benzene rings is 1. The molecule has 0 radical (unpaired) electrons. The fourth-order valence-electron chi connectivity index (χ4n) is 2.70. The Bertz CT molecular complexity index is 564. The molecule has 22 heavy (non-hydrogen) atoms. The second-order valence-electron chi connectivity index (χ2n) is 5.90. The van der Waals surface area contributed by atoms with Gasteiger partial charge in [0.05, 0.1) is 11.0 Å². The highest BCUT2D eigenvalue weighted by atomic mass is 32.2. The minimum Gasteiger partial charge on any atom is -0.491 e. The quantitative estimate of drug-likeness (QED) is 0.835. The van der Waals surface area contributed by atoms with E-state index in [0.717, 1.165) is 25.9 Å². The average molecular weight is 326 g/mol. The number of hydrogen-bond donors (Lipinski definition) is 1. The number of sulfonamides is 1. The van der Waals surface area contributed by atoms with E-state index in [9.17, 15) is 8.42 Å². The molecule has 1 N–H and O–H groups in total. The third-order valence-electron chi connectivity index (χ3n) is 3.69. The van der Waals surface area contributed by atoms with E-state index in [1.54, 1.807) is 28.6 Å². The Balaban J connectivity index is 2.22. The van der Waals surface area contributed by atoms with Crippen molar-refractivity contribution in [1.29, 1.82) is 0 Å². The van der Waals surface area contributed by atoms with Crippen molar-refractivity contribution < 1.29 is 13.2 Å². The van der Waals surface area contributed by atoms with Crippen molar-refractivity contribution in [2.24, 2.45) is 0 Å². The van der Waals surface area contributed by atoms with Crippen LogP contribution in [0.2, 0.25) is 0 Å². The number of ether oxygens (including phenoxy) is 1. The van der Waals surface area contributed by atoms with Crippen LogP contribution in [-0.2, 0) is 10.0 Å². The molecule has 1 saturated heterocycles. The van der Waals surface area contributed by atoms with Crippen molar-refractivity contribution in [3.8, 4) is 5.75 Å². The third-order valence-corrected chi connectivity index (χ3v) is 5.65. The van der Waals surface area contributed by atoms with Crippen LogP contribution < -0.4 is 10.1 Å². The zero-order valence-corrected chi connectivity index (χ0v) is 14.4. The summed E-state index contributed by atoms with van der Waals surface area (Å²) in [4.78, 5) is 0.337. The van der Waals surface area contributed by atoms with Gasteiger partial charge in [0.15, 0.2) is 0 Å². The van der Waals surface area contributed by atoms with E-state index in [4.69, 9.17) is 4.74 Å². The lowest BCUT2D eigenvalue weighted by Gasteiger charge is -2.27. The Morgan fingerprint density at radius 3 is 2.50 bits per heavy atom. The first-order valence-corrected chi connectivity index (χ1v) is 9.38. The highest BCUT2D eigenvalue weighted by molar-refractivity contribution is 7.89. The summed E-state index contributed by atoms with van der Waals surface area (Å²) in [6.45, 7) is 8.06. The average Bonchev–Trinajstić information content (AvgIpc) is 2.98. The van der Waals surface area contributed by atoms with Gasteiger partial charge in [-0.15, -0.1) is 0 Å². The van der Waals surface area contributed by atoms with Crippen LogP contribution >= 0.6 is 0 Å². The van der Waals surface area contributed by atoms with Gasteiger partial charge in [-0.3, -0.25) is 0 Å². The maximum atomic E-state index is 12.9. The van der Waals surface area contributed by atoms with Crippen LogP contribution in [0.1, 0.15) is 33.6 Å². The van der Waals surface area contributed by atoms with E-state index in [0.29, 0.717) is 17.2 Å². The fourth-order valence-corrected chi connectivity index (χ4v) is 4.45. The molecule has 1 unspecified atom stereocenters. The van der Waals surface area contributed by atoms with Gasteiger partial charge in [0.2, 0.25) is 10.0 Å². The topological polar surface area (TPSA) is 58.6 Å². The van der Waals surface area contributed by atoms with Gasteiger partial charge in [-0.25, -0.2) is 8.42 Å². The molecule has 0 amide bonds. The molecule has 1 atom stereocenters. The van der Waals surface area contributed by atoms with Crippen molar-refractivity contribution >= 4 is 10.0 Å². The molecule has 124 valence electrons. The van der Waals surface area contributed by atoms with Crippen LogP contribution in [0.4, 0.5) is 0 Å². The van der Waals surface area contributed by atoms with Crippen molar-refractivity contribution in [2.45, 2.75) is 50.7 Å². The largest absolute Gasteiger partial charge is 0.491 e. The van der Waals surface area contributed by atoms with Crippen molar-refractivity contribution in [1.82, 2.24) is 9.62 Å². The zero-order chi connectivity index (χ0) is 16.2. The first kappa shape index (κ1) is 17.2. The molecule has 1 aromatic carbocycles. The van der Waals surface area contributed by atoms with E-state index in [1.165, 1.54) is 0 Å². The Hall–Kier alpha value is -1.11. The number of hydrogen-bond acceptors (Lipinski definition) is 4. The molecular formula is C16H26N2O3S. The smallest absolute Gasteiger partial charge is 0.243 e. The van der Waals surface area contributed by atoms with Gasteiger partial charge in [0, 0.05) is 19.1 Å². The minimum absolute atomic E-state index is 0.0524. The van der Waals surface area contributed by atoms with Crippen molar-refractivity contribution in [2.75, 3.05) is 19.6 Å². The van der Waals surface area contributed by atoms with E-state index < -0.39 is 10.0 Å². The fraction of sp³-hybridized carbons (Fsp3) is 0.625. The summed E-state index contributed by atoms with van der Waals surface area (Å²) in [6, 6.07) is 6.78. The molecular weight excluding hydrogens is 300 g/mol. The van der Waals surface area contributed by atoms with Crippen LogP contribution in [0.15, 0.2) is 29.2 Å². The van der Waals surface area contributed by atoms with Gasteiger partial charge in [-0.1, -0.05) is 6.92 Å². The molecule has 0 saturated carbocycles. The van der Waals surface area contributed by atoms with Crippen LogP contribution in [0, 0.1) is 0 Å². The summed E-state index contributed by atoms with van der Waals surface area (Å²) in [5.74, 6) is 0.693. The maximum absolute atomic E-state index is 12.9. The molecule has 1 fully saturated rings. The van der Waals surface area contributed by atoms with Gasteiger partial charge < -0.3 is 10.1 Å². The van der Waals surface area contributed by atoms with E-state index in [-0.39, 0.29) is 12.1 Å². The van der Waals surface area contributed by atoms with Crippen molar-refractivity contribution in [3.05, 3.63) is 24.3 Å². The van der Waals surface area contributed by atoms with Crippen LogP contribution in [0.25, 0.3) is 0 Å². The highest BCUT2D eigenvalue weighted by Crippen LogP contribution is 2.24. The number of rotatable bonds is 7. The van der Waals surface area contributed by atoms with Crippen LogP contribution in [-0.4, -0.2) is 44.5 Å². The molecule has 1 aromatic rings. The first-order chi connectivity index (χ1) is 10.4. The first-order valence-electron chi connectivity index (χ1n) is 7.94. The number of nitrogens with one attached hydrogen (secondary N) is 1. The van der Waals surface area contributed by atoms with E-state index in [1.807, 2.05) is 20.8 Å². The van der Waals surface area contributed by atoms with Crippen molar-refractivity contribution in [3.63, 3.8) is 0 Å². The SMILES string of the molecule is CCCN(C1CCNC1)S(=O)(=O)c1ccc(OC(C)C)cc1. The second kappa shape index (κ2) is 7.44. The lowest BCUT2D eigenvalue weighted by molar-refractivity contribution is 0.242. The summed E-state index contributed by atoms with van der Waals surface area (Å²) in [6.07, 6.45) is 1.75. The molecule has 0 spiro atoms. The lowest BCUT2D eigenvalue weighted by Crippen LogP contribution is -2.41. The van der Waals surface area contributed by atoms with Crippen LogP contribution in [0.5, 0.6) is 5.75 Å². The molecule has 2 rings (SSSR count). The normalized spacial score (nSPS) is 19.0. The standard InChI is InChI=1S/C16H26N2O3S/c1-4-11-18(14-9-10-17-12-14)22(19,20)16-7-5-15(6-8-16)21-13(2)3/h5-8,13-14,17H,4,9-12H2,1-3H3. The summed E-state index contributed by atoms with van der Waals surface area (Å²) in [7, 11) is -3.45. The Kier molecular flexibility index (Phi) is 5.83. The second-order valence-corrected chi connectivity index (χ2v) is 7.79. The van der Waals surface area contributed by atoms with E-state index in [2.05, 4.69) is 5.32 Å². The molecule has 1 aliphatic heterocycles. The molecule has 1 aliphatic rings. The monoisotopic (exact) mass is 326 g/mol. The number of nitrogens with zero attached hydrogens (tertiary/aromatic N) is 1. The van der Waals surface area contributed by atoms with Gasteiger partial charge in [-0.05, 0) is 57.5 Å². The Morgan fingerprint density at radius 1 is 1.32 bits per heavy atom. The van der Waals surface area contributed by atoms with Crippen LogP contribution in [0.3, 0.4) is 0 Å². The Morgan fingerprint density at radius 2 is 2.00 bits per heavy atom. The van der Waals surface area contributed by atoms with Gasteiger partial charge in [0.25, 0.3) is 0 Å². The maximum Gasteiger partial charge on any atom is 0.243 e. The summed E-state index contributed by atoms with van der Waals surface area (Å²) in [5.41, 5.74) is 0. The summed E-state index contributed by atoms with van der Waals surface area (Å²) < 4.78 is 33.0. The minimum atomic E-state index is -3.45. The third kappa shape index (κ3) is 4.00. The molecule has 0 aliphatic carbocycles. The predicted octanol–water partition coefficient (Wildman–Crippen LogP) is 2.24. The molecule has 6 heteroatoms. The summed E-state index contributed by atoms with van der Waals surface area (Å²) in [5, 5.41) is 3.24. The van der Waals surface area contributed by atoms with Gasteiger partial charge in [0.1, 0.15) is 5.75 Å². The Labute approximate surface area is 133 Å². The van der Waals surface area contributed by atoms with Gasteiger partial charge in [-0.2, -0.15) is 4.31 Å². The lowest BCUT2D eigenvalue weighted by atomic mass is 10.2. The molecule has 1 heterocycles. The summed E-state index contributed by atoms with van der Waals surface area (Å²) >= 11 is 0. The molecule has 0 aromatic heterocycles. The molecule has 0 bridgehead atoms. The van der Waals surface area contributed by atoms with Gasteiger partial charge >= 0.3 is 0 Å². The van der Waals surface area contributed by atoms with E-state index >= 15 is 0 Å². The molecule has 5 nitrogen and oxygen atoms in total.